The zero-order chi connectivity index (χ0) is 13.9. The second-order valence-electron chi connectivity index (χ2n) is 4.85. The number of carbonyl (C=O) groups excluding carboxylic acids is 1. The number of amides is 1. The molecular formula is C14H17F2NO2. The summed E-state index contributed by atoms with van der Waals surface area (Å²) in [6, 6.07) is 6.74. The molecule has 1 aliphatic heterocycles. The molecule has 1 unspecified atom stereocenters. The minimum Gasteiger partial charge on any atom is -0.435 e. The number of carbonyl (C=O) groups is 1. The van der Waals surface area contributed by atoms with Gasteiger partial charge in [0.25, 0.3) is 0 Å². The molecule has 3 nitrogen and oxygen atoms in total. The van der Waals surface area contributed by atoms with Gasteiger partial charge in [0.15, 0.2) is 0 Å². The summed E-state index contributed by atoms with van der Waals surface area (Å²) in [5, 5.41) is 2.96. The third kappa shape index (κ3) is 3.22. The fraction of sp³-hybridized carbons (Fsp3) is 0.500. The van der Waals surface area contributed by atoms with Crippen LogP contribution in [0.15, 0.2) is 24.3 Å². The lowest BCUT2D eigenvalue weighted by atomic mass is 9.86. The Kier molecular flexibility index (Phi) is 4.02. The summed E-state index contributed by atoms with van der Waals surface area (Å²) in [6.07, 6.45) is 2.50. The minimum atomic E-state index is -2.84. The maximum atomic E-state index is 12.4. The first-order chi connectivity index (χ1) is 9.04. The van der Waals surface area contributed by atoms with Crippen LogP contribution in [0.25, 0.3) is 0 Å². The van der Waals surface area contributed by atoms with Gasteiger partial charge in [0.05, 0.1) is 0 Å². The summed E-state index contributed by atoms with van der Waals surface area (Å²) >= 11 is 0. The molecule has 1 heterocycles. The number of rotatable bonds is 5. The maximum absolute atomic E-state index is 12.4. The molecule has 0 aliphatic carbocycles. The topological polar surface area (TPSA) is 38.3 Å². The van der Waals surface area contributed by atoms with Crippen LogP contribution in [0.2, 0.25) is 0 Å². The van der Waals surface area contributed by atoms with Crippen LogP contribution in [0.1, 0.15) is 31.7 Å². The van der Waals surface area contributed by atoms with Crippen molar-refractivity contribution >= 4 is 5.91 Å². The monoisotopic (exact) mass is 269 g/mol. The van der Waals surface area contributed by atoms with Crippen molar-refractivity contribution in [3.8, 4) is 5.75 Å². The van der Waals surface area contributed by atoms with Crippen LogP contribution >= 0.6 is 0 Å². The van der Waals surface area contributed by atoms with Crippen molar-refractivity contribution in [1.82, 2.24) is 5.32 Å². The molecule has 19 heavy (non-hydrogen) atoms. The normalized spacial score (nSPS) is 22.6. The zero-order valence-electron chi connectivity index (χ0n) is 10.8. The van der Waals surface area contributed by atoms with Crippen LogP contribution in [0.3, 0.4) is 0 Å². The number of benzene rings is 1. The van der Waals surface area contributed by atoms with Gasteiger partial charge in [-0.2, -0.15) is 8.78 Å². The average molecular weight is 269 g/mol. The van der Waals surface area contributed by atoms with Crippen LogP contribution in [0, 0.1) is 0 Å². The van der Waals surface area contributed by atoms with Gasteiger partial charge in [0.2, 0.25) is 5.91 Å². The third-order valence-corrected chi connectivity index (χ3v) is 3.63. The van der Waals surface area contributed by atoms with Crippen LogP contribution in [0.5, 0.6) is 5.75 Å². The van der Waals surface area contributed by atoms with Gasteiger partial charge in [0, 0.05) is 12.0 Å². The molecule has 0 spiro atoms. The van der Waals surface area contributed by atoms with E-state index < -0.39 is 6.61 Å². The predicted molar refractivity (Wildman–Crippen MR) is 67.2 cm³/mol. The van der Waals surface area contributed by atoms with Crippen LogP contribution in [-0.4, -0.2) is 18.1 Å². The summed E-state index contributed by atoms with van der Waals surface area (Å²) < 4.78 is 29.2. The van der Waals surface area contributed by atoms with Crippen molar-refractivity contribution in [1.29, 1.82) is 0 Å². The molecule has 0 aromatic heterocycles. The van der Waals surface area contributed by atoms with Crippen LogP contribution < -0.4 is 10.1 Å². The van der Waals surface area contributed by atoms with Crippen molar-refractivity contribution in [2.75, 3.05) is 0 Å². The third-order valence-electron chi connectivity index (χ3n) is 3.63. The smallest absolute Gasteiger partial charge is 0.387 e. The van der Waals surface area contributed by atoms with E-state index >= 15 is 0 Å². The summed E-state index contributed by atoms with van der Waals surface area (Å²) in [5.41, 5.74) is 0.366. The van der Waals surface area contributed by atoms with Gasteiger partial charge in [-0.05, 0) is 30.9 Å². The summed E-state index contributed by atoms with van der Waals surface area (Å²) in [4.78, 5) is 11.4. The van der Waals surface area contributed by atoms with Crippen molar-refractivity contribution in [2.24, 2.45) is 0 Å². The van der Waals surface area contributed by atoms with E-state index in [4.69, 9.17) is 0 Å². The number of hydrogen-bond donors (Lipinski definition) is 1. The number of nitrogens with one attached hydrogen (secondary N) is 1. The lowest BCUT2D eigenvalue weighted by molar-refractivity contribution is -0.119. The van der Waals surface area contributed by atoms with Gasteiger partial charge in [-0.25, -0.2) is 0 Å². The van der Waals surface area contributed by atoms with Gasteiger partial charge >= 0.3 is 6.61 Å². The Bertz CT molecular complexity index is 465. The lowest BCUT2D eigenvalue weighted by Gasteiger charge is -2.28. The molecule has 1 N–H and O–H groups in total. The van der Waals surface area contributed by atoms with Crippen LogP contribution in [-0.2, 0) is 11.2 Å². The fourth-order valence-corrected chi connectivity index (χ4v) is 2.52. The molecule has 5 heteroatoms. The first-order valence-corrected chi connectivity index (χ1v) is 6.38. The molecule has 1 aliphatic rings. The second-order valence-corrected chi connectivity index (χ2v) is 4.85. The number of halogens is 2. The standard InChI is InChI=1S/C14H17F2NO2/c1-2-14(8-7-12(18)17-14)9-10-5-3-4-6-11(10)19-13(15)16/h3-6,13H,2,7-9H2,1H3,(H,17,18). The molecule has 1 aromatic carbocycles. The van der Waals surface area contributed by atoms with E-state index in [0.29, 0.717) is 18.4 Å². The van der Waals surface area contributed by atoms with E-state index in [1.54, 1.807) is 18.2 Å². The highest BCUT2D eigenvalue weighted by Gasteiger charge is 2.36. The van der Waals surface area contributed by atoms with Crippen LogP contribution in [0.4, 0.5) is 8.78 Å². The van der Waals surface area contributed by atoms with E-state index in [9.17, 15) is 13.6 Å². The van der Waals surface area contributed by atoms with Gasteiger partial charge < -0.3 is 10.1 Å². The van der Waals surface area contributed by atoms with Gasteiger partial charge in [-0.3, -0.25) is 4.79 Å². The lowest BCUT2D eigenvalue weighted by Crippen LogP contribution is -2.43. The molecule has 0 radical (unpaired) electrons. The Hall–Kier alpha value is -1.65. The van der Waals surface area contributed by atoms with Crippen molar-refractivity contribution < 1.29 is 18.3 Å². The Labute approximate surface area is 111 Å². The number of para-hydroxylation sites is 1. The molecule has 1 amide bonds. The average Bonchev–Trinajstić information content (AvgIpc) is 2.73. The second kappa shape index (κ2) is 5.55. The SMILES string of the molecule is CCC1(Cc2ccccc2OC(F)F)CCC(=O)N1. The molecule has 2 rings (SSSR count). The number of ether oxygens (including phenoxy) is 1. The number of hydrogen-bond acceptors (Lipinski definition) is 2. The molecule has 1 aromatic rings. The van der Waals surface area contributed by atoms with Gasteiger partial charge in [-0.1, -0.05) is 25.1 Å². The van der Waals surface area contributed by atoms with E-state index in [-0.39, 0.29) is 17.2 Å². The molecule has 0 bridgehead atoms. The minimum absolute atomic E-state index is 0.0223. The molecule has 1 saturated heterocycles. The molecule has 1 atom stereocenters. The fourth-order valence-electron chi connectivity index (χ4n) is 2.52. The molecule has 104 valence electrons. The quantitative estimate of drug-likeness (QED) is 0.892. The highest BCUT2D eigenvalue weighted by molar-refractivity contribution is 5.79. The first-order valence-electron chi connectivity index (χ1n) is 6.38. The van der Waals surface area contributed by atoms with E-state index in [0.717, 1.165) is 12.8 Å². The Morgan fingerprint density at radius 1 is 1.42 bits per heavy atom. The zero-order valence-corrected chi connectivity index (χ0v) is 10.8. The van der Waals surface area contributed by atoms with E-state index in [1.807, 2.05) is 6.92 Å². The van der Waals surface area contributed by atoms with E-state index in [1.165, 1.54) is 6.07 Å². The highest BCUT2D eigenvalue weighted by atomic mass is 19.3. The largest absolute Gasteiger partial charge is 0.435 e. The Morgan fingerprint density at radius 2 is 2.16 bits per heavy atom. The van der Waals surface area contributed by atoms with Crippen molar-refractivity contribution in [3.05, 3.63) is 29.8 Å². The van der Waals surface area contributed by atoms with E-state index in [2.05, 4.69) is 10.1 Å². The number of alkyl halides is 2. The highest BCUT2D eigenvalue weighted by Crippen LogP contribution is 2.31. The van der Waals surface area contributed by atoms with Gasteiger partial charge in [-0.15, -0.1) is 0 Å². The predicted octanol–water partition coefficient (Wildman–Crippen LogP) is 2.89. The molecular weight excluding hydrogens is 252 g/mol. The first kappa shape index (κ1) is 13.8. The molecule has 0 saturated carbocycles. The summed E-state index contributed by atoms with van der Waals surface area (Å²) in [6.45, 7) is -0.848. The van der Waals surface area contributed by atoms with Crippen molar-refractivity contribution in [2.45, 2.75) is 44.8 Å². The Morgan fingerprint density at radius 3 is 2.74 bits per heavy atom. The molecule has 1 fully saturated rings. The van der Waals surface area contributed by atoms with Gasteiger partial charge in [0.1, 0.15) is 5.75 Å². The van der Waals surface area contributed by atoms with Crippen molar-refractivity contribution in [3.63, 3.8) is 0 Å². The summed E-state index contributed by atoms with van der Waals surface area (Å²) in [5.74, 6) is 0.209. The maximum Gasteiger partial charge on any atom is 0.387 e. The Balaban J connectivity index is 2.20. The summed E-state index contributed by atoms with van der Waals surface area (Å²) in [7, 11) is 0.